The predicted octanol–water partition coefficient (Wildman–Crippen LogP) is 3.24. The second kappa shape index (κ2) is 5.56. The van der Waals surface area contributed by atoms with Crippen LogP contribution in [-0.2, 0) is 11.3 Å². The highest BCUT2D eigenvalue weighted by molar-refractivity contribution is 5.92. The van der Waals surface area contributed by atoms with Crippen molar-refractivity contribution in [1.82, 2.24) is 9.47 Å². The van der Waals surface area contributed by atoms with E-state index in [0.29, 0.717) is 6.54 Å². The molecule has 0 radical (unpaired) electrons. The van der Waals surface area contributed by atoms with Crippen molar-refractivity contribution in [1.29, 1.82) is 0 Å². The Hall–Kier alpha value is -2.36. The fourth-order valence-corrected chi connectivity index (χ4v) is 2.72. The molecule has 1 aromatic heterocycles. The summed E-state index contributed by atoms with van der Waals surface area (Å²) in [6.07, 6.45) is 5.33. The minimum absolute atomic E-state index is 0.0146. The van der Waals surface area contributed by atoms with Gasteiger partial charge in [-0.3, -0.25) is 4.79 Å². The van der Waals surface area contributed by atoms with Gasteiger partial charge in [-0.2, -0.15) is 0 Å². The van der Waals surface area contributed by atoms with Gasteiger partial charge in [0.1, 0.15) is 5.82 Å². The highest BCUT2D eigenvalue weighted by Gasteiger charge is 2.25. The Morgan fingerprint density at radius 1 is 1.24 bits per heavy atom. The van der Waals surface area contributed by atoms with Crippen molar-refractivity contribution in [2.45, 2.75) is 19.5 Å². The van der Waals surface area contributed by atoms with E-state index < -0.39 is 0 Å². The highest BCUT2D eigenvalue weighted by atomic mass is 19.1. The molecule has 0 fully saturated rings. The molecule has 0 aliphatic carbocycles. The number of aromatic nitrogens is 1. The molecule has 1 atom stereocenters. The van der Waals surface area contributed by atoms with Crippen molar-refractivity contribution in [2.75, 3.05) is 6.54 Å². The van der Waals surface area contributed by atoms with Gasteiger partial charge in [-0.25, -0.2) is 4.39 Å². The Kier molecular flexibility index (Phi) is 3.60. The first kappa shape index (κ1) is 13.6. The first-order valence-electron chi connectivity index (χ1n) is 7.04. The Bertz CT molecular complexity index is 672. The van der Waals surface area contributed by atoms with Crippen LogP contribution in [0.3, 0.4) is 0 Å². The molecule has 2 heterocycles. The van der Waals surface area contributed by atoms with Gasteiger partial charge in [0.15, 0.2) is 0 Å². The van der Waals surface area contributed by atoms with Crippen LogP contribution in [0.2, 0.25) is 0 Å². The third kappa shape index (κ3) is 2.75. The topological polar surface area (TPSA) is 25.2 Å². The van der Waals surface area contributed by atoms with Crippen LogP contribution in [-0.4, -0.2) is 21.9 Å². The fraction of sp³-hybridized carbons (Fsp3) is 0.235. The van der Waals surface area contributed by atoms with E-state index in [0.717, 1.165) is 17.8 Å². The van der Waals surface area contributed by atoms with E-state index in [1.807, 2.05) is 30.2 Å². The number of amides is 1. The molecule has 1 amide bonds. The van der Waals surface area contributed by atoms with Crippen molar-refractivity contribution in [3.63, 3.8) is 0 Å². The van der Waals surface area contributed by atoms with E-state index in [4.69, 9.17) is 0 Å². The van der Waals surface area contributed by atoms with E-state index in [2.05, 4.69) is 4.57 Å². The number of carbonyl (C=O) groups excluding carboxylic acids is 1. The van der Waals surface area contributed by atoms with Gasteiger partial charge in [0.25, 0.3) is 0 Å². The summed E-state index contributed by atoms with van der Waals surface area (Å²) in [4.78, 5) is 14.2. The number of hydrogen-bond donors (Lipinski definition) is 0. The molecule has 3 nitrogen and oxygen atoms in total. The van der Waals surface area contributed by atoms with Gasteiger partial charge in [-0.15, -0.1) is 0 Å². The average molecular weight is 284 g/mol. The number of fused-ring (bicyclic) bond motifs is 1. The van der Waals surface area contributed by atoms with Gasteiger partial charge in [0.05, 0.1) is 6.04 Å². The molecule has 4 heteroatoms. The maximum Gasteiger partial charge on any atom is 0.247 e. The quantitative estimate of drug-likeness (QED) is 0.777. The average Bonchev–Trinajstić information content (AvgIpc) is 2.96. The van der Waals surface area contributed by atoms with E-state index in [-0.39, 0.29) is 17.8 Å². The summed E-state index contributed by atoms with van der Waals surface area (Å²) in [7, 11) is 0. The van der Waals surface area contributed by atoms with Crippen molar-refractivity contribution in [3.05, 3.63) is 65.7 Å². The van der Waals surface area contributed by atoms with Crippen LogP contribution >= 0.6 is 0 Å². The molecule has 108 valence electrons. The van der Waals surface area contributed by atoms with Crippen molar-refractivity contribution in [3.8, 4) is 0 Å². The molecule has 1 aromatic carbocycles. The molecule has 1 unspecified atom stereocenters. The van der Waals surface area contributed by atoms with Crippen LogP contribution in [0.4, 0.5) is 4.39 Å². The van der Waals surface area contributed by atoms with Gasteiger partial charge < -0.3 is 9.47 Å². The van der Waals surface area contributed by atoms with E-state index in [1.54, 1.807) is 24.3 Å². The van der Waals surface area contributed by atoms with Gasteiger partial charge in [-0.05, 0) is 42.8 Å². The Labute approximate surface area is 123 Å². The Morgan fingerprint density at radius 3 is 2.76 bits per heavy atom. The largest absolute Gasteiger partial charge is 0.348 e. The molecule has 0 bridgehead atoms. The van der Waals surface area contributed by atoms with Crippen LogP contribution < -0.4 is 0 Å². The number of halogens is 1. The van der Waals surface area contributed by atoms with Crippen LogP contribution in [0.5, 0.6) is 0 Å². The smallest absolute Gasteiger partial charge is 0.247 e. The first-order valence-corrected chi connectivity index (χ1v) is 7.04. The van der Waals surface area contributed by atoms with Gasteiger partial charge in [0, 0.05) is 31.1 Å². The maximum atomic E-state index is 12.8. The van der Waals surface area contributed by atoms with Crippen molar-refractivity contribution in [2.24, 2.45) is 0 Å². The molecular formula is C17H17FN2O. The van der Waals surface area contributed by atoms with Crippen LogP contribution in [0.15, 0.2) is 48.7 Å². The molecule has 0 saturated carbocycles. The molecule has 1 aliphatic rings. The molecule has 0 N–H and O–H groups in total. The molecule has 0 spiro atoms. The van der Waals surface area contributed by atoms with Crippen molar-refractivity contribution >= 4 is 12.0 Å². The summed E-state index contributed by atoms with van der Waals surface area (Å²) in [6.45, 7) is 3.56. The number of benzene rings is 1. The monoisotopic (exact) mass is 284 g/mol. The Balaban J connectivity index is 1.73. The lowest BCUT2D eigenvalue weighted by Crippen LogP contribution is -2.39. The van der Waals surface area contributed by atoms with Gasteiger partial charge in [0.2, 0.25) is 5.91 Å². The third-order valence-corrected chi connectivity index (χ3v) is 3.91. The number of nitrogens with zero attached hydrogens (tertiary/aromatic N) is 2. The molecule has 21 heavy (non-hydrogen) atoms. The molecule has 0 saturated heterocycles. The first-order chi connectivity index (χ1) is 10.1. The summed E-state index contributed by atoms with van der Waals surface area (Å²) in [5.41, 5.74) is 1.97. The second-order valence-electron chi connectivity index (χ2n) is 5.22. The molecule has 3 rings (SSSR count). The number of rotatable bonds is 2. The fourth-order valence-electron chi connectivity index (χ4n) is 2.72. The van der Waals surface area contributed by atoms with Crippen LogP contribution in [0.25, 0.3) is 6.08 Å². The molecule has 1 aliphatic heterocycles. The summed E-state index contributed by atoms with van der Waals surface area (Å²) in [5.74, 6) is -0.289. The summed E-state index contributed by atoms with van der Waals surface area (Å²) < 4.78 is 15.0. The lowest BCUT2D eigenvalue weighted by atomic mass is 10.1. The van der Waals surface area contributed by atoms with Crippen LogP contribution in [0, 0.1) is 5.82 Å². The van der Waals surface area contributed by atoms with Crippen LogP contribution in [0.1, 0.15) is 24.2 Å². The predicted molar refractivity (Wildman–Crippen MR) is 80.0 cm³/mol. The Morgan fingerprint density at radius 2 is 2.00 bits per heavy atom. The summed E-state index contributed by atoms with van der Waals surface area (Å²) in [6, 6.07) is 10.2. The zero-order chi connectivity index (χ0) is 14.8. The standard InChI is InChI=1S/C17H17FN2O/c1-13-16-3-2-10-19(16)11-12-20(13)17(21)9-6-14-4-7-15(18)8-5-14/h2-10,13H,11-12H2,1H3. The van der Waals surface area contributed by atoms with Crippen molar-refractivity contribution < 1.29 is 9.18 Å². The summed E-state index contributed by atoms with van der Waals surface area (Å²) >= 11 is 0. The SMILES string of the molecule is CC1c2cccn2CCN1C(=O)C=Cc1ccc(F)cc1. The molecular weight excluding hydrogens is 267 g/mol. The summed E-state index contributed by atoms with van der Waals surface area (Å²) in [5, 5.41) is 0. The minimum atomic E-state index is -0.274. The zero-order valence-electron chi connectivity index (χ0n) is 11.9. The van der Waals surface area contributed by atoms with E-state index in [9.17, 15) is 9.18 Å². The lowest BCUT2D eigenvalue weighted by molar-refractivity contribution is -0.129. The normalized spacial score (nSPS) is 18.0. The van der Waals surface area contributed by atoms with E-state index in [1.165, 1.54) is 12.1 Å². The lowest BCUT2D eigenvalue weighted by Gasteiger charge is -2.34. The maximum absolute atomic E-state index is 12.8. The van der Waals surface area contributed by atoms with E-state index >= 15 is 0 Å². The highest BCUT2D eigenvalue weighted by Crippen LogP contribution is 2.25. The minimum Gasteiger partial charge on any atom is -0.348 e. The van der Waals surface area contributed by atoms with Gasteiger partial charge in [-0.1, -0.05) is 12.1 Å². The van der Waals surface area contributed by atoms with Gasteiger partial charge >= 0.3 is 0 Å². The number of hydrogen-bond acceptors (Lipinski definition) is 1. The second-order valence-corrected chi connectivity index (χ2v) is 5.22. The third-order valence-electron chi connectivity index (χ3n) is 3.91. The number of carbonyl (C=O) groups is 1. The zero-order valence-corrected chi connectivity index (χ0v) is 11.9. The molecule has 2 aromatic rings.